The van der Waals surface area contributed by atoms with Crippen molar-refractivity contribution in [1.29, 1.82) is 0 Å². The molecule has 1 fully saturated rings. The lowest BCUT2D eigenvalue weighted by molar-refractivity contribution is 0.102. The molecule has 3 nitrogen and oxygen atoms in total. The summed E-state index contributed by atoms with van der Waals surface area (Å²) in [7, 11) is 0. The molecule has 0 bridgehead atoms. The van der Waals surface area contributed by atoms with Crippen LogP contribution in [-0.2, 0) is 0 Å². The standard InChI is InChI=1S/C20H19FN2OS/c1-13-14-7-2-3-10-17(14)25-19(13)20(24)22-18-15(21)8-6-9-16(18)23-11-4-5-12-23/h2-3,6-10H,4-5,11-12H2,1H3,(H,22,24). The minimum atomic E-state index is -0.392. The molecular formula is C20H19FN2OS. The Morgan fingerprint density at radius 2 is 1.88 bits per heavy atom. The van der Waals surface area contributed by atoms with Crippen LogP contribution in [0.1, 0.15) is 28.1 Å². The molecule has 1 aliphatic heterocycles. The highest BCUT2D eigenvalue weighted by Crippen LogP contribution is 2.34. The molecular weight excluding hydrogens is 335 g/mol. The Balaban J connectivity index is 1.69. The SMILES string of the molecule is Cc1c(C(=O)Nc2c(F)cccc2N2CCCC2)sc2ccccc12. The summed E-state index contributed by atoms with van der Waals surface area (Å²) < 4.78 is 15.5. The number of para-hydroxylation sites is 1. The number of hydrogen-bond donors (Lipinski definition) is 1. The monoisotopic (exact) mass is 354 g/mol. The maximum absolute atomic E-state index is 14.4. The fourth-order valence-corrected chi connectivity index (χ4v) is 4.52. The van der Waals surface area contributed by atoms with Crippen LogP contribution in [-0.4, -0.2) is 19.0 Å². The number of rotatable bonds is 3. The molecule has 0 spiro atoms. The Morgan fingerprint density at radius 3 is 2.64 bits per heavy atom. The summed E-state index contributed by atoms with van der Waals surface area (Å²) in [4.78, 5) is 15.6. The number of aryl methyl sites for hydroxylation is 1. The quantitative estimate of drug-likeness (QED) is 0.701. The summed E-state index contributed by atoms with van der Waals surface area (Å²) in [6, 6.07) is 12.9. The Hall–Kier alpha value is -2.40. The van der Waals surface area contributed by atoms with Crippen molar-refractivity contribution in [3.05, 3.63) is 58.7 Å². The number of benzene rings is 2. The molecule has 0 atom stereocenters. The minimum absolute atomic E-state index is 0.246. The highest BCUT2D eigenvalue weighted by Gasteiger charge is 2.22. The van der Waals surface area contributed by atoms with Gasteiger partial charge < -0.3 is 10.2 Å². The smallest absolute Gasteiger partial charge is 0.266 e. The molecule has 5 heteroatoms. The largest absolute Gasteiger partial charge is 0.370 e. The molecule has 25 heavy (non-hydrogen) atoms. The number of hydrogen-bond acceptors (Lipinski definition) is 3. The van der Waals surface area contributed by atoms with Gasteiger partial charge in [-0.25, -0.2) is 4.39 Å². The third kappa shape index (κ3) is 2.89. The number of carbonyl (C=O) groups is 1. The Labute approximate surface area is 150 Å². The highest BCUT2D eigenvalue weighted by atomic mass is 32.1. The molecule has 3 aromatic rings. The van der Waals surface area contributed by atoms with Crippen LogP contribution in [0.2, 0.25) is 0 Å². The van der Waals surface area contributed by atoms with Gasteiger partial charge in [0.2, 0.25) is 0 Å². The number of nitrogens with zero attached hydrogens (tertiary/aromatic N) is 1. The van der Waals surface area contributed by atoms with Crippen molar-refractivity contribution in [3.63, 3.8) is 0 Å². The van der Waals surface area contributed by atoms with E-state index in [1.165, 1.54) is 17.4 Å². The van der Waals surface area contributed by atoms with Gasteiger partial charge in [-0.2, -0.15) is 0 Å². The first-order chi connectivity index (χ1) is 12.1. The highest BCUT2D eigenvalue weighted by molar-refractivity contribution is 7.21. The summed E-state index contributed by atoms with van der Waals surface area (Å²) in [5, 5.41) is 3.90. The first-order valence-electron chi connectivity index (χ1n) is 8.48. The average molecular weight is 354 g/mol. The zero-order valence-corrected chi connectivity index (χ0v) is 14.8. The Morgan fingerprint density at radius 1 is 1.12 bits per heavy atom. The van der Waals surface area contributed by atoms with E-state index in [1.54, 1.807) is 6.07 Å². The average Bonchev–Trinajstić information content (AvgIpc) is 3.25. The molecule has 1 aromatic heterocycles. The van der Waals surface area contributed by atoms with E-state index in [0.29, 0.717) is 4.88 Å². The van der Waals surface area contributed by atoms with Crippen molar-refractivity contribution in [2.45, 2.75) is 19.8 Å². The molecule has 128 valence electrons. The molecule has 0 saturated carbocycles. The molecule has 2 heterocycles. The molecule has 1 N–H and O–H groups in total. The first-order valence-corrected chi connectivity index (χ1v) is 9.30. The zero-order valence-electron chi connectivity index (χ0n) is 14.0. The van der Waals surface area contributed by atoms with E-state index in [0.717, 1.165) is 47.3 Å². The van der Waals surface area contributed by atoms with Gasteiger partial charge in [-0.1, -0.05) is 24.3 Å². The third-order valence-corrected chi connectivity index (χ3v) is 6.00. The molecule has 1 aliphatic rings. The van der Waals surface area contributed by atoms with Crippen LogP contribution >= 0.6 is 11.3 Å². The van der Waals surface area contributed by atoms with Crippen LogP contribution in [0, 0.1) is 12.7 Å². The van der Waals surface area contributed by atoms with E-state index in [4.69, 9.17) is 0 Å². The van der Waals surface area contributed by atoms with Gasteiger partial charge >= 0.3 is 0 Å². The van der Waals surface area contributed by atoms with Crippen molar-refractivity contribution in [2.24, 2.45) is 0 Å². The lowest BCUT2D eigenvalue weighted by atomic mass is 10.1. The molecule has 1 amide bonds. The number of anilines is 2. The van der Waals surface area contributed by atoms with E-state index in [9.17, 15) is 9.18 Å². The van der Waals surface area contributed by atoms with Crippen LogP contribution in [0.15, 0.2) is 42.5 Å². The van der Waals surface area contributed by atoms with Gasteiger partial charge in [0.05, 0.1) is 10.6 Å². The lowest BCUT2D eigenvalue weighted by Crippen LogP contribution is -2.21. The van der Waals surface area contributed by atoms with Gasteiger partial charge in [-0.05, 0) is 48.9 Å². The number of thiophene rings is 1. The van der Waals surface area contributed by atoms with Gasteiger partial charge in [0.15, 0.2) is 0 Å². The van der Waals surface area contributed by atoms with Gasteiger partial charge in [-0.15, -0.1) is 11.3 Å². The predicted octanol–water partition coefficient (Wildman–Crippen LogP) is 5.20. The van der Waals surface area contributed by atoms with E-state index in [-0.39, 0.29) is 11.6 Å². The van der Waals surface area contributed by atoms with Crippen molar-refractivity contribution in [3.8, 4) is 0 Å². The molecule has 0 aliphatic carbocycles. The summed E-state index contributed by atoms with van der Waals surface area (Å²) in [6.07, 6.45) is 2.19. The minimum Gasteiger partial charge on any atom is -0.370 e. The second-order valence-corrected chi connectivity index (χ2v) is 7.39. The third-order valence-electron chi connectivity index (χ3n) is 4.73. The predicted molar refractivity (Wildman–Crippen MR) is 102 cm³/mol. The van der Waals surface area contributed by atoms with Crippen molar-refractivity contribution in [1.82, 2.24) is 0 Å². The molecule has 4 rings (SSSR count). The molecule has 1 saturated heterocycles. The second kappa shape index (κ2) is 6.48. The maximum atomic E-state index is 14.4. The van der Waals surface area contributed by atoms with Crippen LogP contribution in [0.3, 0.4) is 0 Å². The number of nitrogens with one attached hydrogen (secondary N) is 1. The number of halogens is 1. The second-order valence-electron chi connectivity index (χ2n) is 6.33. The normalized spacial score (nSPS) is 14.2. The topological polar surface area (TPSA) is 32.3 Å². The Kier molecular flexibility index (Phi) is 4.17. The molecule has 2 aromatic carbocycles. The summed E-state index contributed by atoms with van der Waals surface area (Å²) >= 11 is 1.45. The van der Waals surface area contributed by atoms with E-state index >= 15 is 0 Å². The number of fused-ring (bicyclic) bond motifs is 1. The summed E-state index contributed by atoms with van der Waals surface area (Å²) in [6.45, 7) is 3.74. The van der Waals surface area contributed by atoms with Gasteiger partial charge in [0, 0.05) is 17.8 Å². The van der Waals surface area contributed by atoms with Gasteiger partial charge in [0.1, 0.15) is 11.5 Å². The van der Waals surface area contributed by atoms with Gasteiger partial charge in [-0.3, -0.25) is 4.79 Å². The zero-order chi connectivity index (χ0) is 17.4. The number of carbonyl (C=O) groups excluding carboxylic acids is 1. The van der Waals surface area contributed by atoms with Crippen molar-refractivity contribution >= 4 is 38.7 Å². The van der Waals surface area contributed by atoms with Crippen LogP contribution < -0.4 is 10.2 Å². The fraction of sp³-hybridized carbons (Fsp3) is 0.250. The van der Waals surface area contributed by atoms with E-state index < -0.39 is 5.82 Å². The van der Waals surface area contributed by atoms with Crippen LogP contribution in [0.25, 0.3) is 10.1 Å². The van der Waals surface area contributed by atoms with Crippen LogP contribution in [0.5, 0.6) is 0 Å². The Bertz CT molecular complexity index is 944. The summed E-state index contributed by atoms with van der Waals surface area (Å²) in [5.74, 6) is -0.638. The molecule has 0 unspecified atom stereocenters. The van der Waals surface area contributed by atoms with Crippen molar-refractivity contribution < 1.29 is 9.18 Å². The van der Waals surface area contributed by atoms with Crippen LogP contribution in [0.4, 0.5) is 15.8 Å². The molecule has 0 radical (unpaired) electrons. The fourth-order valence-electron chi connectivity index (χ4n) is 3.42. The van der Waals surface area contributed by atoms with E-state index in [1.807, 2.05) is 37.3 Å². The van der Waals surface area contributed by atoms with Gasteiger partial charge in [0.25, 0.3) is 5.91 Å². The lowest BCUT2D eigenvalue weighted by Gasteiger charge is -2.21. The van der Waals surface area contributed by atoms with Crippen molar-refractivity contribution in [2.75, 3.05) is 23.3 Å². The first kappa shape index (κ1) is 16.1. The summed E-state index contributed by atoms with van der Waals surface area (Å²) in [5.41, 5.74) is 1.99. The van der Waals surface area contributed by atoms with E-state index in [2.05, 4.69) is 10.2 Å². The maximum Gasteiger partial charge on any atom is 0.266 e. The number of amides is 1.